The molecule has 1 atom stereocenters. The Kier molecular flexibility index (Phi) is 3.36. The molecule has 1 aromatic heterocycles. The Balaban J connectivity index is 1.99. The lowest BCUT2D eigenvalue weighted by Gasteiger charge is -2.21. The quantitative estimate of drug-likeness (QED) is 0.803. The van der Waals surface area contributed by atoms with Crippen molar-refractivity contribution in [2.45, 2.75) is 32.6 Å². The van der Waals surface area contributed by atoms with Gasteiger partial charge in [0.2, 0.25) is 0 Å². The molecule has 84 valence electrons. The van der Waals surface area contributed by atoms with E-state index in [2.05, 4.69) is 22.3 Å². The first-order valence-corrected chi connectivity index (χ1v) is 5.89. The van der Waals surface area contributed by atoms with E-state index in [4.69, 9.17) is 0 Å². The fraction of sp³-hybridized carbons (Fsp3) is 0.818. The number of hydrogen-bond donors (Lipinski definition) is 1. The van der Waals surface area contributed by atoms with Crippen LogP contribution in [0, 0.1) is 5.92 Å². The van der Waals surface area contributed by atoms with Gasteiger partial charge in [0.15, 0.2) is 5.82 Å². The SMILES string of the molecule is CCc1nc(CC2CCCNC2)n(C)n1. The van der Waals surface area contributed by atoms with Crippen LogP contribution in [0.3, 0.4) is 0 Å². The van der Waals surface area contributed by atoms with Gasteiger partial charge in [0.25, 0.3) is 0 Å². The number of nitrogens with one attached hydrogen (secondary N) is 1. The van der Waals surface area contributed by atoms with Gasteiger partial charge in [-0.05, 0) is 31.8 Å². The lowest BCUT2D eigenvalue weighted by Crippen LogP contribution is -2.31. The average Bonchev–Trinajstić information content (AvgIpc) is 2.61. The van der Waals surface area contributed by atoms with Crippen molar-refractivity contribution in [3.63, 3.8) is 0 Å². The molecule has 0 saturated carbocycles. The van der Waals surface area contributed by atoms with Crippen LogP contribution < -0.4 is 5.32 Å². The maximum absolute atomic E-state index is 4.55. The fourth-order valence-corrected chi connectivity index (χ4v) is 2.16. The van der Waals surface area contributed by atoms with Gasteiger partial charge in [0.05, 0.1) is 0 Å². The van der Waals surface area contributed by atoms with Crippen molar-refractivity contribution in [3.8, 4) is 0 Å². The van der Waals surface area contributed by atoms with Crippen LogP contribution >= 0.6 is 0 Å². The Morgan fingerprint density at radius 1 is 1.53 bits per heavy atom. The van der Waals surface area contributed by atoms with E-state index in [0.29, 0.717) is 0 Å². The molecule has 4 nitrogen and oxygen atoms in total. The molecule has 1 fully saturated rings. The third kappa shape index (κ3) is 2.56. The van der Waals surface area contributed by atoms with E-state index in [9.17, 15) is 0 Å². The van der Waals surface area contributed by atoms with E-state index in [1.54, 1.807) is 0 Å². The summed E-state index contributed by atoms with van der Waals surface area (Å²) in [6.07, 6.45) is 4.61. The van der Waals surface area contributed by atoms with Gasteiger partial charge in [-0.15, -0.1) is 0 Å². The summed E-state index contributed by atoms with van der Waals surface area (Å²) in [5.41, 5.74) is 0. The predicted molar refractivity (Wildman–Crippen MR) is 59.7 cm³/mol. The second kappa shape index (κ2) is 4.75. The summed E-state index contributed by atoms with van der Waals surface area (Å²) in [6.45, 7) is 4.41. The summed E-state index contributed by atoms with van der Waals surface area (Å²) in [6, 6.07) is 0. The van der Waals surface area contributed by atoms with Crippen LogP contribution in [0.25, 0.3) is 0 Å². The summed E-state index contributed by atoms with van der Waals surface area (Å²) in [5.74, 6) is 2.85. The highest BCUT2D eigenvalue weighted by molar-refractivity contribution is 4.94. The molecule has 1 N–H and O–H groups in total. The van der Waals surface area contributed by atoms with E-state index in [1.165, 1.54) is 19.4 Å². The Labute approximate surface area is 91.1 Å². The zero-order chi connectivity index (χ0) is 10.7. The van der Waals surface area contributed by atoms with Crippen LogP contribution in [0.5, 0.6) is 0 Å². The first-order valence-electron chi connectivity index (χ1n) is 5.89. The van der Waals surface area contributed by atoms with Gasteiger partial charge in [-0.3, -0.25) is 4.68 Å². The monoisotopic (exact) mass is 208 g/mol. The minimum Gasteiger partial charge on any atom is -0.316 e. The summed E-state index contributed by atoms with van der Waals surface area (Å²) < 4.78 is 1.94. The number of aromatic nitrogens is 3. The number of hydrogen-bond acceptors (Lipinski definition) is 3. The maximum atomic E-state index is 4.55. The molecule has 1 aliphatic heterocycles. The number of rotatable bonds is 3. The highest BCUT2D eigenvalue weighted by Crippen LogP contribution is 2.15. The van der Waals surface area contributed by atoms with Crippen molar-refractivity contribution >= 4 is 0 Å². The van der Waals surface area contributed by atoms with E-state index in [-0.39, 0.29) is 0 Å². The lowest BCUT2D eigenvalue weighted by atomic mass is 9.96. The van der Waals surface area contributed by atoms with Crippen LogP contribution in [0.15, 0.2) is 0 Å². The predicted octanol–water partition coefficient (Wildman–Crippen LogP) is 0.920. The molecule has 1 aromatic rings. The number of piperidine rings is 1. The third-order valence-electron chi connectivity index (χ3n) is 3.08. The van der Waals surface area contributed by atoms with Crippen LogP contribution in [-0.2, 0) is 19.9 Å². The largest absolute Gasteiger partial charge is 0.316 e. The van der Waals surface area contributed by atoms with Crippen molar-refractivity contribution in [1.29, 1.82) is 0 Å². The van der Waals surface area contributed by atoms with Gasteiger partial charge in [-0.2, -0.15) is 5.10 Å². The van der Waals surface area contributed by atoms with Crippen molar-refractivity contribution < 1.29 is 0 Å². The molecule has 1 aliphatic rings. The van der Waals surface area contributed by atoms with E-state index in [0.717, 1.165) is 37.0 Å². The van der Waals surface area contributed by atoms with Gasteiger partial charge in [-0.1, -0.05) is 6.92 Å². The molecular weight excluding hydrogens is 188 g/mol. The smallest absolute Gasteiger partial charge is 0.150 e. The minimum atomic E-state index is 0.742. The Morgan fingerprint density at radius 2 is 2.40 bits per heavy atom. The summed E-state index contributed by atoms with van der Waals surface area (Å²) in [5, 5.41) is 7.82. The molecule has 2 heterocycles. The second-order valence-electron chi connectivity index (χ2n) is 4.34. The molecule has 0 amide bonds. The lowest BCUT2D eigenvalue weighted by molar-refractivity contribution is 0.366. The molecule has 0 aromatic carbocycles. The van der Waals surface area contributed by atoms with Gasteiger partial charge in [0.1, 0.15) is 5.82 Å². The molecule has 1 unspecified atom stereocenters. The molecule has 0 radical (unpaired) electrons. The van der Waals surface area contributed by atoms with E-state index >= 15 is 0 Å². The Hall–Kier alpha value is -0.900. The number of aryl methyl sites for hydroxylation is 2. The zero-order valence-electron chi connectivity index (χ0n) is 9.66. The fourth-order valence-electron chi connectivity index (χ4n) is 2.16. The molecule has 4 heteroatoms. The zero-order valence-corrected chi connectivity index (χ0v) is 9.66. The summed E-state index contributed by atoms with van der Waals surface area (Å²) >= 11 is 0. The van der Waals surface area contributed by atoms with Gasteiger partial charge >= 0.3 is 0 Å². The Morgan fingerprint density at radius 3 is 3.00 bits per heavy atom. The molecule has 1 saturated heterocycles. The van der Waals surface area contributed by atoms with Gasteiger partial charge < -0.3 is 5.32 Å². The van der Waals surface area contributed by atoms with Crippen molar-refractivity contribution in [2.24, 2.45) is 13.0 Å². The van der Waals surface area contributed by atoms with E-state index < -0.39 is 0 Å². The first-order chi connectivity index (χ1) is 7.29. The maximum Gasteiger partial charge on any atom is 0.150 e. The number of nitrogens with zero attached hydrogens (tertiary/aromatic N) is 3. The standard InChI is InChI=1S/C11H20N4/c1-3-10-13-11(15(2)14-10)7-9-5-4-6-12-8-9/h9,12H,3-8H2,1-2H3. The summed E-state index contributed by atoms with van der Waals surface area (Å²) in [7, 11) is 2.00. The van der Waals surface area contributed by atoms with Crippen molar-refractivity contribution in [1.82, 2.24) is 20.1 Å². The van der Waals surface area contributed by atoms with Gasteiger partial charge in [-0.25, -0.2) is 4.98 Å². The summed E-state index contributed by atoms with van der Waals surface area (Å²) in [4.78, 5) is 4.55. The van der Waals surface area contributed by atoms with Crippen molar-refractivity contribution in [3.05, 3.63) is 11.6 Å². The van der Waals surface area contributed by atoms with Crippen LogP contribution in [-0.4, -0.2) is 27.9 Å². The third-order valence-corrected chi connectivity index (χ3v) is 3.08. The van der Waals surface area contributed by atoms with Gasteiger partial charge in [0, 0.05) is 19.9 Å². The normalized spacial score (nSPS) is 21.9. The highest BCUT2D eigenvalue weighted by Gasteiger charge is 2.16. The molecule has 2 rings (SSSR count). The first kappa shape index (κ1) is 10.6. The Bertz CT molecular complexity index is 312. The molecule has 0 aliphatic carbocycles. The van der Waals surface area contributed by atoms with Crippen LogP contribution in [0.2, 0.25) is 0 Å². The average molecular weight is 208 g/mol. The topological polar surface area (TPSA) is 42.7 Å². The second-order valence-corrected chi connectivity index (χ2v) is 4.34. The minimum absolute atomic E-state index is 0.742. The van der Waals surface area contributed by atoms with E-state index in [1.807, 2.05) is 11.7 Å². The van der Waals surface area contributed by atoms with Crippen LogP contribution in [0.1, 0.15) is 31.4 Å². The van der Waals surface area contributed by atoms with Crippen LogP contribution in [0.4, 0.5) is 0 Å². The molecule has 15 heavy (non-hydrogen) atoms. The highest BCUT2D eigenvalue weighted by atomic mass is 15.3. The van der Waals surface area contributed by atoms with Crippen molar-refractivity contribution in [2.75, 3.05) is 13.1 Å². The molecule has 0 spiro atoms. The molecule has 0 bridgehead atoms. The molecular formula is C11H20N4.